The number of alkyl halides is 2. The second-order valence-electron chi connectivity index (χ2n) is 2.96. The van der Waals surface area contributed by atoms with Gasteiger partial charge in [0.2, 0.25) is 6.08 Å². The van der Waals surface area contributed by atoms with E-state index in [1.807, 2.05) is 0 Å². The van der Waals surface area contributed by atoms with Gasteiger partial charge in [0.05, 0.1) is 6.04 Å². The third kappa shape index (κ3) is 3.10. The van der Waals surface area contributed by atoms with Gasteiger partial charge in [0.15, 0.2) is 0 Å². The highest BCUT2D eigenvalue weighted by molar-refractivity contribution is 5.37. The molecular formula is C10H8F3NO2. The predicted octanol–water partition coefficient (Wildman–Crippen LogP) is 2.82. The number of hydrogen-bond donors (Lipinski definition) is 0. The lowest BCUT2D eigenvalue weighted by atomic mass is 10.1. The lowest BCUT2D eigenvalue weighted by Gasteiger charge is -2.09. The average molecular weight is 231 g/mol. The summed E-state index contributed by atoms with van der Waals surface area (Å²) >= 11 is 0. The van der Waals surface area contributed by atoms with Crippen LogP contribution >= 0.6 is 0 Å². The average Bonchev–Trinajstić information content (AvgIpc) is 2.16. The number of isocyanates is 1. The van der Waals surface area contributed by atoms with Crippen molar-refractivity contribution in [2.24, 2.45) is 4.99 Å². The molecule has 0 aliphatic heterocycles. The Bertz CT molecular complexity index is 417. The van der Waals surface area contributed by atoms with Crippen molar-refractivity contribution in [3.8, 4) is 5.75 Å². The maximum atomic E-state index is 13.4. The van der Waals surface area contributed by atoms with Gasteiger partial charge in [-0.25, -0.2) is 9.18 Å². The fraction of sp³-hybridized carbons (Fsp3) is 0.300. The molecule has 0 spiro atoms. The zero-order valence-corrected chi connectivity index (χ0v) is 8.28. The van der Waals surface area contributed by atoms with Gasteiger partial charge in [-0.2, -0.15) is 13.8 Å². The Labute approximate surface area is 89.6 Å². The van der Waals surface area contributed by atoms with Gasteiger partial charge in [0.25, 0.3) is 0 Å². The Kier molecular flexibility index (Phi) is 4.08. The van der Waals surface area contributed by atoms with E-state index in [1.54, 1.807) is 0 Å². The third-order valence-corrected chi connectivity index (χ3v) is 1.89. The van der Waals surface area contributed by atoms with E-state index >= 15 is 0 Å². The smallest absolute Gasteiger partial charge is 0.387 e. The normalized spacial score (nSPS) is 12.1. The molecular weight excluding hydrogens is 223 g/mol. The standard InChI is InChI=1S/C10H8F3NO2/c1-6(14-5-15)8-3-2-7(4-9(8)11)16-10(12)13/h2-4,6,10H,1H3. The van der Waals surface area contributed by atoms with Gasteiger partial charge in [0, 0.05) is 11.6 Å². The maximum Gasteiger partial charge on any atom is 0.387 e. The molecule has 1 unspecified atom stereocenters. The molecule has 1 rings (SSSR count). The van der Waals surface area contributed by atoms with Crippen LogP contribution < -0.4 is 4.74 Å². The van der Waals surface area contributed by atoms with Crippen molar-refractivity contribution in [1.82, 2.24) is 0 Å². The summed E-state index contributed by atoms with van der Waals surface area (Å²) in [6.07, 6.45) is 1.30. The molecule has 0 heterocycles. The lowest BCUT2D eigenvalue weighted by Crippen LogP contribution is -2.03. The first-order valence-electron chi connectivity index (χ1n) is 4.36. The number of nitrogens with zero attached hydrogens (tertiary/aromatic N) is 1. The second-order valence-corrected chi connectivity index (χ2v) is 2.96. The van der Waals surface area contributed by atoms with Crippen LogP contribution in [-0.2, 0) is 4.79 Å². The summed E-state index contributed by atoms with van der Waals surface area (Å²) in [5, 5.41) is 0. The molecule has 3 nitrogen and oxygen atoms in total. The topological polar surface area (TPSA) is 38.7 Å². The largest absolute Gasteiger partial charge is 0.435 e. The van der Waals surface area contributed by atoms with Crippen molar-refractivity contribution in [1.29, 1.82) is 0 Å². The summed E-state index contributed by atoms with van der Waals surface area (Å²) in [7, 11) is 0. The van der Waals surface area contributed by atoms with Gasteiger partial charge >= 0.3 is 6.61 Å². The molecule has 0 saturated carbocycles. The summed E-state index contributed by atoms with van der Waals surface area (Å²) in [6.45, 7) is -1.52. The van der Waals surface area contributed by atoms with Crippen LogP contribution in [0.5, 0.6) is 5.75 Å². The molecule has 0 aromatic heterocycles. The van der Waals surface area contributed by atoms with E-state index in [4.69, 9.17) is 0 Å². The molecule has 0 amide bonds. The van der Waals surface area contributed by atoms with Crippen LogP contribution in [0.2, 0.25) is 0 Å². The van der Waals surface area contributed by atoms with E-state index in [2.05, 4.69) is 9.73 Å². The molecule has 0 bridgehead atoms. The van der Waals surface area contributed by atoms with E-state index in [0.29, 0.717) is 0 Å². The van der Waals surface area contributed by atoms with Crippen LogP contribution in [0.15, 0.2) is 23.2 Å². The first kappa shape index (κ1) is 12.3. The number of ether oxygens (including phenoxy) is 1. The molecule has 1 aromatic carbocycles. The summed E-state index contributed by atoms with van der Waals surface area (Å²) in [4.78, 5) is 13.3. The predicted molar refractivity (Wildman–Crippen MR) is 49.6 cm³/mol. The first-order chi connectivity index (χ1) is 7.54. The molecule has 86 valence electrons. The Morgan fingerprint density at radius 1 is 1.44 bits per heavy atom. The van der Waals surface area contributed by atoms with E-state index < -0.39 is 18.5 Å². The van der Waals surface area contributed by atoms with Crippen molar-refractivity contribution in [2.45, 2.75) is 19.6 Å². The van der Waals surface area contributed by atoms with Crippen LogP contribution in [0.3, 0.4) is 0 Å². The van der Waals surface area contributed by atoms with Gasteiger partial charge < -0.3 is 4.74 Å². The number of hydrogen-bond acceptors (Lipinski definition) is 3. The van der Waals surface area contributed by atoms with Gasteiger partial charge in [-0.1, -0.05) is 6.07 Å². The molecule has 0 aliphatic rings. The van der Waals surface area contributed by atoms with E-state index in [9.17, 15) is 18.0 Å². The van der Waals surface area contributed by atoms with Crippen molar-refractivity contribution < 1.29 is 22.7 Å². The maximum absolute atomic E-state index is 13.4. The zero-order valence-electron chi connectivity index (χ0n) is 8.28. The number of benzene rings is 1. The van der Waals surface area contributed by atoms with Crippen molar-refractivity contribution >= 4 is 6.08 Å². The van der Waals surface area contributed by atoms with Gasteiger partial charge in [-0.15, -0.1) is 0 Å². The Balaban J connectivity index is 2.95. The molecule has 1 atom stereocenters. The minimum atomic E-state index is -3.00. The lowest BCUT2D eigenvalue weighted by molar-refractivity contribution is -0.0500. The third-order valence-electron chi connectivity index (χ3n) is 1.89. The molecule has 0 N–H and O–H groups in total. The summed E-state index contributed by atoms with van der Waals surface area (Å²) in [5.41, 5.74) is 0.116. The monoisotopic (exact) mass is 231 g/mol. The highest BCUT2D eigenvalue weighted by Gasteiger charge is 2.12. The van der Waals surface area contributed by atoms with Gasteiger partial charge in [-0.3, -0.25) is 0 Å². The first-order valence-corrected chi connectivity index (χ1v) is 4.36. The van der Waals surface area contributed by atoms with Crippen LogP contribution in [-0.4, -0.2) is 12.7 Å². The summed E-state index contributed by atoms with van der Waals surface area (Å²) < 4.78 is 41.0. The fourth-order valence-corrected chi connectivity index (χ4v) is 1.17. The molecule has 0 radical (unpaired) electrons. The summed E-state index contributed by atoms with van der Waals surface area (Å²) in [5.74, 6) is -1.04. The van der Waals surface area contributed by atoms with E-state index in [1.165, 1.54) is 25.1 Å². The molecule has 16 heavy (non-hydrogen) atoms. The van der Waals surface area contributed by atoms with E-state index in [0.717, 1.165) is 6.07 Å². The number of rotatable bonds is 4. The minimum Gasteiger partial charge on any atom is -0.435 e. The number of halogens is 3. The van der Waals surface area contributed by atoms with E-state index in [-0.39, 0.29) is 11.3 Å². The van der Waals surface area contributed by atoms with Gasteiger partial charge in [0.1, 0.15) is 11.6 Å². The minimum absolute atomic E-state index is 0.116. The number of carbonyl (C=O) groups excluding carboxylic acids is 1. The van der Waals surface area contributed by atoms with Crippen LogP contribution in [0, 0.1) is 5.82 Å². The highest BCUT2D eigenvalue weighted by atomic mass is 19.3. The Hall–Kier alpha value is -1.81. The van der Waals surface area contributed by atoms with Crippen LogP contribution in [0.25, 0.3) is 0 Å². The second kappa shape index (κ2) is 5.32. The van der Waals surface area contributed by atoms with Crippen LogP contribution in [0.4, 0.5) is 13.2 Å². The number of aliphatic imine (C=N–C) groups is 1. The molecule has 0 aliphatic carbocycles. The van der Waals surface area contributed by atoms with Gasteiger partial charge in [-0.05, 0) is 13.0 Å². The Morgan fingerprint density at radius 3 is 2.62 bits per heavy atom. The van der Waals surface area contributed by atoms with Crippen molar-refractivity contribution in [3.63, 3.8) is 0 Å². The quantitative estimate of drug-likeness (QED) is 0.590. The van der Waals surface area contributed by atoms with Crippen molar-refractivity contribution in [2.75, 3.05) is 0 Å². The SMILES string of the molecule is CC(N=C=O)c1ccc(OC(F)F)cc1F. The zero-order chi connectivity index (χ0) is 12.1. The molecule has 1 aromatic rings. The molecule has 6 heteroatoms. The highest BCUT2D eigenvalue weighted by Crippen LogP contribution is 2.24. The fourth-order valence-electron chi connectivity index (χ4n) is 1.17. The van der Waals surface area contributed by atoms with Crippen LogP contribution in [0.1, 0.15) is 18.5 Å². The van der Waals surface area contributed by atoms with Crippen molar-refractivity contribution in [3.05, 3.63) is 29.6 Å². The molecule has 0 fully saturated rings. The Morgan fingerprint density at radius 2 is 2.12 bits per heavy atom. The molecule has 0 saturated heterocycles. The summed E-state index contributed by atoms with van der Waals surface area (Å²) in [6, 6.07) is 2.52.